The van der Waals surface area contributed by atoms with Crippen molar-refractivity contribution in [2.45, 2.75) is 90.1 Å². The van der Waals surface area contributed by atoms with Crippen LogP contribution in [0.15, 0.2) is 18.2 Å². The predicted molar refractivity (Wildman–Crippen MR) is 120 cm³/mol. The van der Waals surface area contributed by atoms with Crippen LogP contribution in [0.1, 0.15) is 73.3 Å². The van der Waals surface area contributed by atoms with E-state index in [9.17, 15) is 4.79 Å². The van der Waals surface area contributed by atoms with E-state index in [1.54, 1.807) is 0 Å². The highest BCUT2D eigenvalue weighted by molar-refractivity contribution is 5.84. The van der Waals surface area contributed by atoms with Crippen LogP contribution < -0.4 is 5.32 Å². The summed E-state index contributed by atoms with van der Waals surface area (Å²) in [4.78, 5) is 18.3. The SMILES string of the molecule is Cc1nc2n(n1)CC(NC(=O)C13CC4CC(C1)CC(c1ccc(C)c(C)c1)(C4)C3)CC2. The number of nitrogens with zero attached hydrogens (tertiary/aromatic N) is 3. The van der Waals surface area contributed by atoms with Gasteiger partial charge < -0.3 is 5.32 Å². The second kappa shape index (κ2) is 6.66. The smallest absolute Gasteiger partial charge is 0.226 e. The number of amides is 1. The molecule has 5 heteroatoms. The van der Waals surface area contributed by atoms with Gasteiger partial charge in [0.05, 0.1) is 12.0 Å². The molecule has 1 N–H and O–H groups in total. The minimum atomic E-state index is -0.179. The molecule has 1 amide bonds. The Morgan fingerprint density at radius 1 is 1.10 bits per heavy atom. The van der Waals surface area contributed by atoms with Crippen LogP contribution in [0, 0.1) is 38.0 Å². The Morgan fingerprint density at radius 3 is 2.61 bits per heavy atom. The van der Waals surface area contributed by atoms with Crippen LogP contribution in [0.2, 0.25) is 0 Å². The maximum absolute atomic E-state index is 13.8. The van der Waals surface area contributed by atoms with Gasteiger partial charge in [0.25, 0.3) is 0 Å². The summed E-state index contributed by atoms with van der Waals surface area (Å²) in [6, 6.07) is 7.24. The van der Waals surface area contributed by atoms with Crippen molar-refractivity contribution in [3.05, 3.63) is 46.5 Å². The summed E-state index contributed by atoms with van der Waals surface area (Å²) in [7, 11) is 0. The second-order valence-corrected chi connectivity index (χ2v) is 11.3. The Morgan fingerprint density at radius 2 is 1.87 bits per heavy atom. The van der Waals surface area contributed by atoms with Gasteiger partial charge in [0.2, 0.25) is 5.91 Å². The van der Waals surface area contributed by atoms with Crippen molar-refractivity contribution in [2.24, 2.45) is 17.3 Å². The zero-order chi connectivity index (χ0) is 21.4. The van der Waals surface area contributed by atoms with E-state index in [0.29, 0.717) is 17.7 Å². The van der Waals surface area contributed by atoms with Crippen LogP contribution in [0.25, 0.3) is 0 Å². The zero-order valence-electron chi connectivity index (χ0n) is 19.1. The first-order chi connectivity index (χ1) is 14.8. The lowest BCUT2D eigenvalue weighted by Gasteiger charge is -2.61. The lowest BCUT2D eigenvalue weighted by atomic mass is 9.42. The van der Waals surface area contributed by atoms with Crippen molar-refractivity contribution in [3.8, 4) is 0 Å². The maximum atomic E-state index is 13.8. The zero-order valence-corrected chi connectivity index (χ0v) is 19.1. The molecule has 1 aromatic heterocycles. The third-order valence-electron chi connectivity index (χ3n) is 8.96. The van der Waals surface area contributed by atoms with Gasteiger partial charge in [-0.05, 0) is 99.7 Å². The number of benzene rings is 1. The first kappa shape index (κ1) is 19.5. The van der Waals surface area contributed by atoms with Crippen LogP contribution >= 0.6 is 0 Å². The molecule has 5 aliphatic rings. The van der Waals surface area contributed by atoms with E-state index in [2.05, 4.69) is 47.4 Å². The Hall–Kier alpha value is -2.17. The third kappa shape index (κ3) is 3.07. The molecule has 4 aliphatic carbocycles. The Labute approximate surface area is 185 Å². The molecule has 4 saturated carbocycles. The van der Waals surface area contributed by atoms with E-state index < -0.39 is 0 Å². The summed E-state index contributed by atoms with van der Waals surface area (Å²) >= 11 is 0. The number of fused-ring (bicyclic) bond motifs is 1. The number of rotatable bonds is 3. The number of hydrogen-bond donors (Lipinski definition) is 1. The van der Waals surface area contributed by atoms with E-state index in [4.69, 9.17) is 0 Å². The predicted octanol–water partition coefficient (Wildman–Crippen LogP) is 4.17. The molecule has 164 valence electrons. The fourth-order valence-corrected chi connectivity index (χ4v) is 7.83. The fourth-order valence-electron chi connectivity index (χ4n) is 7.83. The first-order valence-corrected chi connectivity index (χ1v) is 12.1. The highest BCUT2D eigenvalue weighted by Crippen LogP contribution is 2.65. The molecule has 4 bridgehead atoms. The second-order valence-electron chi connectivity index (χ2n) is 11.3. The third-order valence-corrected chi connectivity index (χ3v) is 8.96. The van der Waals surface area contributed by atoms with Gasteiger partial charge in [-0.1, -0.05) is 18.2 Å². The molecule has 2 heterocycles. The normalized spacial score (nSPS) is 35.8. The first-order valence-electron chi connectivity index (χ1n) is 12.1. The van der Waals surface area contributed by atoms with Crippen LogP contribution in [0.4, 0.5) is 0 Å². The molecular formula is C26H34N4O. The average molecular weight is 419 g/mol. The summed E-state index contributed by atoms with van der Waals surface area (Å²) in [5, 5.41) is 8.01. The van der Waals surface area contributed by atoms with E-state index in [1.807, 2.05) is 11.6 Å². The van der Waals surface area contributed by atoms with Crippen molar-refractivity contribution in [1.82, 2.24) is 20.1 Å². The lowest BCUT2D eigenvalue weighted by Crippen LogP contribution is -2.60. The number of aromatic nitrogens is 3. The fraction of sp³-hybridized carbons (Fsp3) is 0.654. The van der Waals surface area contributed by atoms with Crippen LogP contribution in [-0.4, -0.2) is 26.7 Å². The van der Waals surface area contributed by atoms with Crippen molar-refractivity contribution < 1.29 is 4.79 Å². The number of aryl methyl sites for hydroxylation is 4. The molecule has 1 aromatic carbocycles. The molecule has 3 unspecified atom stereocenters. The molecule has 7 rings (SSSR count). The maximum Gasteiger partial charge on any atom is 0.226 e. The Kier molecular flexibility index (Phi) is 4.19. The van der Waals surface area contributed by atoms with Crippen LogP contribution in [0.5, 0.6) is 0 Å². The molecule has 5 nitrogen and oxygen atoms in total. The van der Waals surface area contributed by atoms with Gasteiger partial charge in [-0.3, -0.25) is 4.79 Å². The molecular weight excluding hydrogens is 384 g/mol. The van der Waals surface area contributed by atoms with Crippen molar-refractivity contribution in [2.75, 3.05) is 0 Å². The van der Waals surface area contributed by atoms with Crippen molar-refractivity contribution >= 4 is 5.91 Å². The molecule has 4 fully saturated rings. The molecule has 31 heavy (non-hydrogen) atoms. The number of carbonyl (C=O) groups is 1. The van der Waals surface area contributed by atoms with Gasteiger partial charge >= 0.3 is 0 Å². The highest BCUT2D eigenvalue weighted by Gasteiger charge is 2.61. The lowest BCUT2D eigenvalue weighted by molar-refractivity contribution is -0.150. The summed E-state index contributed by atoms with van der Waals surface area (Å²) in [6.45, 7) is 7.12. The van der Waals surface area contributed by atoms with Gasteiger partial charge in [0, 0.05) is 12.5 Å². The van der Waals surface area contributed by atoms with E-state index in [-0.39, 0.29) is 16.9 Å². The summed E-state index contributed by atoms with van der Waals surface area (Å²) in [5.74, 6) is 3.61. The van der Waals surface area contributed by atoms with Crippen LogP contribution in [-0.2, 0) is 23.2 Å². The minimum absolute atomic E-state index is 0.173. The van der Waals surface area contributed by atoms with Crippen molar-refractivity contribution in [3.63, 3.8) is 0 Å². The molecule has 0 spiro atoms. The largest absolute Gasteiger partial charge is 0.351 e. The highest BCUT2D eigenvalue weighted by atomic mass is 16.2. The Bertz CT molecular complexity index is 1040. The monoisotopic (exact) mass is 418 g/mol. The van der Waals surface area contributed by atoms with Crippen LogP contribution in [0.3, 0.4) is 0 Å². The van der Waals surface area contributed by atoms with Gasteiger partial charge in [0.15, 0.2) is 0 Å². The van der Waals surface area contributed by atoms with Gasteiger partial charge in [-0.25, -0.2) is 9.67 Å². The van der Waals surface area contributed by atoms with E-state index >= 15 is 0 Å². The summed E-state index contributed by atoms with van der Waals surface area (Å²) < 4.78 is 2.00. The number of hydrogen-bond acceptors (Lipinski definition) is 3. The minimum Gasteiger partial charge on any atom is -0.351 e. The van der Waals surface area contributed by atoms with E-state index in [1.165, 1.54) is 36.0 Å². The number of nitrogens with one attached hydrogen (secondary N) is 1. The van der Waals surface area contributed by atoms with E-state index in [0.717, 1.165) is 50.3 Å². The standard InChI is InChI=1S/C26H34N4O/c1-16-4-5-21(8-17(16)2)25-10-19-9-20(11-25)13-26(12-19,15-25)24(31)28-22-6-7-23-27-18(3)29-30(23)14-22/h4-5,8,19-20,22H,6-7,9-15H2,1-3H3,(H,28,31). The molecule has 0 radical (unpaired) electrons. The van der Waals surface area contributed by atoms with Gasteiger partial charge in [-0.2, -0.15) is 5.10 Å². The summed E-state index contributed by atoms with van der Waals surface area (Å²) in [6.07, 6.45) is 8.93. The average Bonchev–Trinajstić information content (AvgIpc) is 3.08. The quantitative estimate of drug-likeness (QED) is 0.814. The topological polar surface area (TPSA) is 59.8 Å². The van der Waals surface area contributed by atoms with Gasteiger partial charge in [0.1, 0.15) is 11.6 Å². The Balaban J connectivity index is 1.26. The summed E-state index contributed by atoms with van der Waals surface area (Å²) in [5.41, 5.74) is 4.25. The van der Waals surface area contributed by atoms with Crippen molar-refractivity contribution in [1.29, 1.82) is 0 Å². The molecule has 1 aliphatic heterocycles. The number of carbonyl (C=O) groups excluding carboxylic acids is 1. The molecule has 3 atom stereocenters. The van der Waals surface area contributed by atoms with Gasteiger partial charge in [-0.15, -0.1) is 0 Å². The molecule has 2 aromatic rings. The molecule has 0 saturated heterocycles.